The van der Waals surface area contributed by atoms with E-state index in [4.69, 9.17) is 10.5 Å². The summed E-state index contributed by atoms with van der Waals surface area (Å²) >= 11 is 0. The van der Waals surface area contributed by atoms with Crippen molar-refractivity contribution in [2.45, 2.75) is 26.4 Å². The van der Waals surface area contributed by atoms with Crippen LogP contribution < -0.4 is 15.4 Å². The van der Waals surface area contributed by atoms with Gasteiger partial charge in [0, 0.05) is 24.3 Å². The highest BCUT2D eigenvalue weighted by Crippen LogP contribution is 2.22. The van der Waals surface area contributed by atoms with Gasteiger partial charge >= 0.3 is 0 Å². The van der Waals surface area contributed by atoms with E-state index in [1.807, 2.05) is 42.5 Å². The summed E-state index contributed by atoms with van der Waals surface area (Å²) in [6.45, 7) is 5.01. The van der Waals surface area contributed by atoms with Gasteiger partial charge in [-0.15, -0.1) is 0 Å². The number of benzene rings is 1. The minimum atomic E-state index is 0.314. The fraction of sp³-hybridized carbons (Fsp3) is 0.312. The van der Waals surface area contributed by atoms with Crippen LogP contribution in [-0.4, -0.2) is 18.1 Å². The Labute approximate surface area is 120 Å². The quantitative estimate of drug-likeness (QED) is 0.849. The minimum Gasteiger partial charge on any atom is -0.481 e. The van der Waals surface area contributed by atoms with Crippen LogP contribution in [0, 0.1) is 0 Å². The van der Waals surface area contributed by atoms with E-state index >= 15 is 0 Å². The number of hydrogen-bond donors (Lipinski definition) is 1. The van der Waals surface area contributed by atoms with Crippen LogP contribution >= 0.6 is 0 Å². The summed E-state index contributed by atoms with van der Waals surface area (Å²) in [6.07, 6.45) is 0. The molecule has 2 N–H and O–H groups in total. The van der Waals surface area contributed by atoms with Crippen LogP contribution in [0.2, 0.25) is 0 Å². The Morgan fingerprint density at radius 3 is 2.55 bits per heavy atom. The van der Waals surface area contributed by atoms with Crippen LogP contribution in [0.25, 0.3) is 0 Å². The molecule has 1 heterocycles. The van der Waals surface area contributed by atoms with Crippen molar-refractivity contribution in [3.8, 4) is 5.88 Å². The smallest absolute Gasteiger partial charge is 0.214 e. The number of nitrogens with two attached hydrogens (primary N) is 1. The Bertz CT molecular complexity index is 569. The minimum absolute atomic E-state index is 0.314. The molecule has 0 aliphatic carbocycles. The molecule has 0 amide bonds. The Morgan fingerprint density at radius 1 is 1.15 bits per heavy atom. The molecular formula is C16H21N3O. The number of ether oxygens (including phenoxy) is 1. The molecule has 0 radical (unpaired) electrons. The molecule has 2 rings (SSSR count). The summed E-state index contributed by atoms with van der Waals surface area (Å²) < 4.78 is 5.20. The number of pyridine rings is 1. The standard InChI is InChI=1S/C16H21N3O/c1-12(2)19(11-13-7-4-5-8-14(13)17)15-9-6-10-16(18-15)20-3/h4-10,12H,11,17H2,1-3H3. The van der Waals surface area contributed by atoms with E-state index in [1.54, 1.807) is 7.11 Å². The molecule has 20 heavy (non-hydrogen) atoms. The number of aromatic nitrogens is 1. The van der Waals surface area contributed by atoms with E-state index in [0.29, 0.717) is 11.9 Å². The molecule has 0 fully saturated rings. The highest BCUT2D eigenvalue weighted by Gasteiger charge is 2.14. The van der Waals surface area contributed by atoms with E-state index < -0.39 is 0 Å². The molecule has 1 aromatic carbocycles. The normalized spacial score (nSPS) is 10.6. The second kappa shape index (κ2) is 6.28. The third-order valence-electron chi connectivity index (χ3n) is 3.23. The van der Waals surface area contributed by atoms with Gasteiger partial charge in [-0.25, -0.2) is 0 Å². The number of nitrogen functional groups attached to an aromatic ring is 1. The van der Waals surface area contributed by atoms with Gasteiger partial charge in [0.05, 0.1) is 7.11 Å². The van der Waals surface area contributed by atoms with Crippen molar-refractivity contribution >= 4 is 11.5 Å². The van der Waals surface area contributed by atoms with Crippen LogP contribution in [-0.2, 0) is 6.54 Å². The van der Waals surface area contributed by atoms with Crippen LogP contribution in [0.15, 0.2) is 42.5 Å². The van der Waals surface area contributed by atoms with Crippen LogP contribution in [0.4, 0.5) is 11.5 Å². The van der Waals surface area contributed by atoms with E-state index in [-0.39, 0.29) is 0 Å². The predicted molar refractivity (Wildman–Crippen MR) is 83.0 cm³/mol. The van der Waals surface area contributed by atoms with Gasteiger partial charge in [0.25, 0.3) is 0 Å². The molecule has 0 atom stereocenters. The number of hydrogen-bond acceptors (Lipinski definition) is 4. The molecule has 0 saturated heterocycles. The summed E-state index contributed by atoms with van der Waals surface area (Å²) in [5.74, 6) is 1.51. The SMILES string of the molecule is COc1cccc(N(Cc2ccccc2N)C(C)C)n1. The molecule has 0 saturated carbocycles. The molecule has 0 bridgehead atoms. The zero-order chi connectivity index (χ0) is 14.5. The van der Waals surface area contributed by atoms with Crippen LogP contribution in [0.1, 0.15) is 19.4 Å². The van der Waals surface area contributed by atoms with Gasteiger partial charge in [0.1, 0.15) is 5.82 Å². The van der Waals surface area contributed by atoms with Crippen molar-refractivity contribution in [3.05, 3.63) is 48.0 Å². The lowest BCUT2D eigenvalue weighted by molar-refractivity contribution is 0.397. The lowest BCUT2D eigenvalue weighted by atomic mass is 10.1. The molecule has 4 heteroatoms. The third kappa shape index (κ3) is 3.20. The summed E-state index contributed by atoms with van der Waals surface area (Å²) in [7, 11) is 1.63. The van der Waals surface area contributed by atoms with Gasteiger partial charge in [-0.1, -0.05) is 24.3 Å². The summed E-state index contributed by atoms with van der Waals surface area (Å²) in [5, 5.41) is 0. The summed E-state index contributed by atoms with van der Waals surface area (Å²) in [5.41, 5.74) is 7.94. The lowest BCUT2D eigenvalue weighted by Gasteiger charge is -2.28. The second-order valence-corrected chi connectivity index (χ2v) is 4.96. The van der Waals surface area contributed by atoms with E-state index in [0.717, 1.165) is 23.6 Å². The monoisotopic (exact) mass is 271 g/mol. The molecule has 0 aliphatic heterocycles. The topological polar surface area (TPSA) is 51.4 Å². The molecule has 1 aromatic heterocycles. The zero-order valence-electron chi connectivity index (χ0n) is 12.2. The maximum absolute atomic E-state index is 6.03. The Hall–Kier alpha value is -2.23. The molecule has 4 nitrogen and oxygen atoms in total. The van der Waals surface area contributed by atoms with Crippen LogP contribution in [0.3, 0.4) is 0 Å². The van der Waals surface area contributed by atoms with Gasteiger partial charge in [0.2, 0.25) is 5.88 Å². The third-order valence-corrected chi connectivity index (χ3v) is 3.23. The maximum atomic E-state index is 6.03. The molecule has 106 valence electrons. The summed E-state index contributed by atoms with van der Waals surface area (Å²) in [4.78, 5) is 6.70. The first-order valence-electron chi connectivity index (χ1n) is 6.73. The average Bonchev–Trinajstić information content (AvgIpc) is 2.46. The Morgan fingerprint density at radius 2 is 1.90 bits per heavy atom. The van der Waals surface area contributed by atoms with Crippen molar-refractivity contribution in [2.75, 3.05) is 17.7 Å². The Balaban J connectivity index is 2.29. The highest BCUT2D eigenvalue weighted by atomic mass is 16.5. The van der Waals surface area contributed by atoms with Crippen LogP contribution in [0.5, 0.6) is 5.88 Å². The second-order valence-electron chi connectivity index (χ2n) is 4.96. The highest BCUT2D eigenvalue weighted by molar-refractivity contribution is 5.50. The van der Waals surface area contributed by atoms with E-state index in [9.17, 15) is 0 Å². The summed E-state index contributed by atoms with van der Waals surface area (Å²) in [6, 6.07) is 14.0. The molecule has 0 spiro atoms. The van der Waals surface area contributed by atoms with Crippen molar-refractivity contribution in [1.29, 1.82) is 0 Å². The fourth-order valence-corrected chi connectivity index (χ4v) is 2.07. The number of rotatable bonds is 5. The van der Waals surface area contributed by atoms with Gasteiger partial charge in [-0.3, -0.25) is 0 Å². The number of methoxy groups -OCH3 is 1. The largest absolute Gasteiger partial charge is 0.481 e. The molecule has 0 aliphatic rings. The number of anilines is 2. The number of para-hydroxylation sites is 1. The maximum Gasteiger partial charge on any atom is 0.214 e. The zero-order valence-corrected chi connectivity index (χ0v) is 12.2. The van der Waals surface area contributed by atoms with Crippen molar-refractivity contribution < 1.29 is 4.74 Å². The number of nitrogens with zero attached hydrogens (tertiary/aromatic N) is 2. The van der Waals surface area contributed by atoms with E-state index in [2.05, 4.69) is 23.7 Å². The van der Waals surface area contributed by atoms with Gasteiger partial charge in [-0.05, 0) is 31.5 Å². The first kappa shape index (κ1) is 14.2. The molecular weight excluding hydrogens is 250 g/mol. The predicted octanol–water partition coefficient (Wildman–Crippen LogP) is 3.09. The van der Waals surface area contributed by atoms with E-state index in [1.165, 1.54) is 0 Å². The fourth-order valence-electron chi connectivity index (χ4n) is 2.07. The first-order chi connectivity index (χ1) is 9.61. The molecule has 0 unspecified atom stereocenters. The first-order valence-corrected chi connectivity index (χ1v) is 6.73. The van der Waals surface area contributed by atoms with Gasteiger partial charge in [0.15, 0.2) is 0 Å². The van der Waals surface area contributed by atoms with Gasteiger partial charge in [-0.2, -0.15) is 4.98 Å². The lowest BCUT2D eigenvalue weighted by Crippen LogP contribution is -2.31. The molecule has 2 aromatic rings. The average molecular weight is 271 g/mol. The van der Waals surface area contributed by atoms with Crippen molar-refractivity contribution in [3.63, 3.8) is 0 Å². The van der Waals surface area contributed by atoms with Gasteiger partial charge < -0.3 is 15.4 Å². The Kier molecular flexibility index (Phi) is 4.45. The van der Waals surface area contributed by atoms with Crippen molar-refractivity contribution in [2.24, 2.45) is 0 Å². The van der Waals surface area contributed by atoms with Crippen molar-refractivity contribution in [1.82, 2.24) is 4.98 Å².